The molecule has 0 aliphatic carbocycles. The zero-order valence-electron chi connectivity index (χ0n) is 6.87. The van der Waals surface area contributed by atoms with Crippen molar-refractivity contribution in [3.63, 3.8) is 0 Å². The molecule has 13 heavy (non-hydrogen) atoms. The number of aliphatic hydroxyl groups is 1. The molecular formula is C10H8FNO. The van der Waals surface area contributed by atoms with Gasteiger partial charge in [-0.3, -0.25) is 4.98 Å². The SMILES string of the molecule is OCc1nccc2ccc(F)cc12. The van der Waals surface area contributed by atoms with Crippen molar-refractivity contribution in [1.82, 2.24) is 4.98 Å². The van der Waals surface area contributed by atoms with E-state index in [2.05, 4.69) is 4.98 Å². The number of aromatic nitrogens is 1. The molecular weight excluding hydrogens is 169 g/mol. The third kappa shape index (κ3) is 1.38. The van der Waals surface area contributed by atoms with Crippen LogP contribution in [0.15, 0.2) is 30.5 Å². The molecule has 0 bridgehead atoms. The minimum atomic E-state index is -0.310. The summed E-state index contributed by atoms with van der Waals surface area (Å²) in [7, 11) is 0. The van der Waals surface area contributed by atoms with E-state index in [9.17, 15) is 4.39 Å². The van der Waals surface area contributed by atoms with Gasteiger partial charge in [0.15, 0.2) is 0 Å². The van der Waals surface area contributed by atoms with Crippen LogP contribution in [0, 0.1) is 5.82 Å². The predicted octanol–water partition coefficient (Wildman–Crippen LogP) is 1.87. The zero-order valence-corrected chi connectivity index (χ0v) is 6.87. The summed E-state index contributed by atoms with van der Waals surface area (Å²) in [5.74, 6) is -0.310. The van der Waals surface area contributed by atoms with Crippen molar-refractivity contribution >= 4 is 10.8 Å². The Hall–Kier alpha value is -1.48. The largest absolute Gasteiger partial charge is 0.390 e. The fourth-order valence-electron chi connectivity index (χ4n) is 1.33. The van der Waals surface area contributed by atoms with Gasteiger partial charge in [-0.2, -0.15) is 0 Å². The molecule has 0 amide bonds. The molecule has 3 heteroatoms. The van der Waals surface area contributed by atoms with E-state index in [0.29, 0.717) is 11.1 Å². The number of pyridine rings is 1. The number of benzene rings is 1. The molecule has 66 valence electrons. The minimum Gasteiger partial charge on any atom is -0.390 e. The second kappa shape index (κ2) is 3.11. The first-order valence-corrected chi connectivity index (χ1v) is 3.95. The summed E-state index contributed by atoms with van der Waals surface area (Å²) < 4.78 is 12.8. The van der Waals surface area contributed by atoms with Crippen LogP contribution in [0.5, 0.6) is 0 Å². The smallest absolute Gasteiger partial charge is 0.123 e. The summed E-state index contributed by atoms with van der Waals surface area (Å²) in [5, 5.41) is 10.5. The maximum absolute atomic E-state index is 12.8. The molecule has 0 saturated heterocycles. The molecule has 2 nitrogen and oxygen atoms in total. The number of fused-ring (bicyclic) bond motifs is 1. The molecule has 1 N–H and O–H groups in total. The number of hydrogen-bond donors (Lipinski definition) is 1. The van der Waals surface area contributed by atoms with Gasteiger partial charge in [0.05, 0.1) is 12.3 Å². The van der Waals surface area contributed by atoms with E-state index < -0.39 is 0 Å². The van der Waals surface area contributed by atoms with Gasteiger partial charge >= 0.3 is 0 Å². The van der Waals surface area contributed by atoms with E-state index >= 15 is 0 Å². The molecule has 0 aliphatic heterocycles. The maximum atomic E-state index is 12.8. The zero-order chi connectivity index (χ0) is 9.26. The Kier molecular flexibility index (Phi) is 1.94. The van der Waals surface area contributed by atoms with Crippen molar-refractivity contribution < 1.29 is 9.50 Å². The van der Waals surface area contributed by atoms with Gasteiger partial charge in [-0.05, 0) is 23.6 Å². The van der Waals surface area contributed by atoms with E-state index in [1.54, 1.807) is 18.3 Å². The Bertz CT molecular complexity index is 442. The highest BCUT2D eigenvalue weighted by atomic mass is 19.1. The van der Waals surface area contributed by atoms with Crippen LogP contribution >= 0.6 is 0 Å². The van der Waals surface area contributed by atoms with Crippen LogP contribution in [0.25, 0.3) is 10.8 Å². The number of hydrogen-bond acceptors (Lipinski definition) is 2. The molecule has 1 heterocycles. The molecule has 2 rings (SSSR count). The highest BCUT2D eigenvalue weighted by molar-refractivity contribution is 5.84. The first kappa shape index (κ1) is 8.13. The standard InChI is InChI=1S/C10H8FNO/c11-8-2-1-7-3-4-12-10(6-13)9(7)5-8/h1-5,13H,6H2. The van der Waals surface area contributed by atoms with Crippen molar-refractivity contribution in [3.05, 3.63) is 42.0 Å². The van der Waals surface area contributed by atoms with Crippen molar-refractivity contribution in [2.45, 2.75) is 6.61 Å². The number of nitrogens with zero attached hydrogens (tertiary/aromatic N) is 1. The summed E-state index contributed by atoms with van der Waals surface area (Å²) in [5.41, 5.74) is 0.511. The van der Waals surface area contributed by atoms with Crippen LogP contribution in [0.1, 0.15) is 5.69 Å². The summed E-state index contributed by atoms with van der Waals surface area (Å²) in [6, 6.07) is 6.23. The van der Waals surface area contributed by atoms with E-state index in [1.807, 2.05) is 0 Å². The molecule has 0 saturated carbocycles. The lowest BCUT2D eigenvalue weighted by Crippen LogP contribution is -1.90. The molecule has 0 unspecified atom stereocenters. The van der Waals surface area contributed by atoms with Crippen molar-refractivity contribution in [2.75, 3.05) is 0 Å². The molecule has 1 aromatic carbocycles. The van der Waals surface area contributed by atoms with E-state index in [1.165, 1.54) is 12.1 Å². The molecule has 1 aromatic heterocycles. The molecule has 0 aliphatic rings. The van der Waals surface area contributed by atoms with Crippen molar-refractivity contribution in [1.29, 1.82) is 0 Å². The number of halogens is 1. The monoisotopic (exact) mass is 177 g/mol. The van der Waals surface area contributed by atoms with Crippen molar-refractivity contribution in [2.24, 2.45) is 0 Å². The highest BCUT2D eigenvalue weighted by Gasteiger charge is 2.01. The first-order valence-electron chi connectivity index (χ1n) is 3.95. The van der Waals surface area contributed by atoms with Crippen LogP contribution in [-0.4, -0.2) is 10.1 Å². The maximum Gasteiger partial charge on any atom is 0.123 e. The number of aliphatic hydroxyl groups excluding tert-OH is 1. The summed E-state index contributed by atoms with van der Waals surface area (Å²) in [4.78, 5) is 3.95. The Labute approximate surface area is 74.7 Å². The Balaban J connectivity index is 2.79. The molecule has 0 radical (unpaired) electrons. The van der Waals surface area contributed by atoms with Crippen LogP contribution < -0.4 is 0 Å². The van der Waals surface area contributed by atoms with Gasteiger partial charge in [0.2, 0.25) is 0 Å². The van der Waals surface area contributed by atoms with Crippen LogP contribution in [0.4, 0.5) is 4.39 Å². The lowest BCUT2D eigenvalue weighted by molar-refractivity contribution is 0.278. The third-order valence-corrected chi connectivity index (χ3v) is 1.96. The third-order valence-electron chi connectivity index (χ3n) is 1.96. The normalized spacial score (nSPS) is 10.6. The van der Waals surface area contributed by atoms with Gasteiger partial charge in [-0.1, -0.05) is 6.07 Å². The Morgan fingerprint density at radius 2 is 2.15 bits per heavy atom. The molecule has 0 spiro atoms. The van der Waals surface area contributed by atoms with Gasteiger partial charge in [0.1, 0.15) is 5.82 Å². The fourth-order valence-corrected chi connectivity index (χ4v) is 1.33. The minimum absolute atomic E-state index is 0.166. The van der Waals surface area contributed by atoms with Crippen LogP contribution in [-0.2, 0) is 6.61 Å². The molecule has 2 aromatic rings. The Morgan fingerprint density at radius 1 is 1.31 bits per heavy atom. The van der Waals surface area contributed by atoms with Gasteiger partial charge in [0, 0.05) is 11.6 Å². The lowest BCUT2D eigenvalue weighted by atomic mass is 10.1. The van der Waals surface area contributed by atoms with E-state index in [-0.39, 0.29) is 12.4 Å². The second-order valence-electron chi connectivity index (χ2n) is 2.78. The van der Waals surface area contributed by atoms with Gasteiger partial charge in [0.25, 0.3) is 0 Å². The quantitative estimate of drug-likeness (QED) is 0.721. The lowest BCUT2D eigenvalue weighted by Gasteiger charge is -2.01. The second-order valence-corrected chi connectivity index (χ2v) is 2.78. The number of rotatable bonds is 1. The summed E-state index contributed by atoms with van der Waals surface area (Å²) in [6.07, 6.45) is 1.60. The average molecular weight is 177 g/mol. The van der Waals surface area contributed by atoms with E-state index in [4.69, 9.17) is 5.11 Å². The van der Waals surface area contributed by atoms with Gasteiger partial charge in [-0.25, -0.2) is 4.39 Å². The van der Waals surface area contributed by atoms with Gasteiger partial charge in [-0.15, -0.1) is 0 Å². The Morgan fingerprint density at radius 3 is 2.92 bits per heavy atom. The predicted molar refractivity (Wildman–Crippen MR) is 47.6 cm³/mol. The average Bonchev–Trinajstić information content (AvgIpc) is 2.17. The van der Waals surface area contributed by atoms with Crippen molar-refractivity contribution in [3.8, 4) is 0 Å². The summed E-state index contributed by atoms with van der Waals surface area (Å²) in [6.45, 7) is -0.166. The highest BCUT2D eigenvalue weighted by Crippen LogP contribution is 2.17. The topological polar surface area (TPSA) is 33.1 Å². The van der Waals surface area contributed by atoms with Gasteiger partial charge < -0.3 is 5.11 Å². The van der Waals surface area contributed by atoms with Crippen LogP contribution in [0.2, 0.25) is 0 Å². The van der Waals surface area contributed by atoms with Crippen LogP contribution in [0.3, 0.4) is 0 Å². The summed E-state index contributed by atoms with van der Waals surface area (Å²) >= 11 is 0. The molecule has 0 atom stereocenters. The van der Waals surface area contributed by atoms with E-state index in [0.717, 1.165) is 5.39 Å². The fraction of sp³-hybridized carbons (Fsp3) is 0.100. The molecule has 0 fully saturated rings. The first-order chi connectivity index (χ1) is 6.31.